The van der Waals surface area contributed by atoms with Crippen molar-refractivity contribution in [2.75, 3.05) is 47.4 Å². The zero-order valence-corrected chi connectivity index (χ0v) is 15.3. The molecule has 2 atom stereocenters. The summed E-state index contributed by atoms with van der Waals surface area (Å²) in [6.07, 6.45) is 0. The number of carbonyl (C=O) groups excluding carboxylic acids is 1. The average Bonchev–Trinajstić information content (AvgIpc) is 2.56. The predicted octanol–water partition coefficient (Wildman–Crippen LogP) is 1.52. The van der Waals surface area contributed by atoms with Gasteiger partial charge in [0.1, 0.15) is 11.5 Å². The minimum absolute atomic E-state index is 0.0313. The molecule has 0 spiro atoms. The van der Waals surface area contributed by atoms with Crippen LogP contribution in [0.2, 0.25) is 0 Å². The second-order valence-corrected chi connectivity index (χ2v) is 6.48. The fourth-order valence-electron chi connectivity index (χ4n) is 3.14. The van der Waals surface area contributed by atoms with Crippen molar-refractivity contribution in [2.24, 2.45) is 0 Å². The predicted molar refractivity (Wildman–Crippen MR) is 94.6 cm³/mol. The van der Waals surface area contributed by atoms with E-state index >= 15 is 0 Å². The molecule has 0 unspecified atom stereocenters. The Morgan fingerprint density at radius 3 is 2.71 bits per heavy atom. The zero-order valence-electron chi connectivity index (χ0n) is 15.3. The van der Waals surface area contributed by atoms with Gasteiger partial charge in [0.05, 0.1) is 26.8 Å². The first-order valence-corrected chi connectivity index (χ1v) is 8.38. The Balaban J connectivity index is 1.98. The normalized spacial score (nSPS) is 20.5. The van der Waals surface area contributed by atoms with Crippen LogP contribution in [0, 0.1) is 0 Å². The first kappa shape index (κ1) is 18.5. The number of rotatable bonds is 6. The van der Waals surface area contributed by atoms with E-state index in [0.29, 0.717) is 12.6 Å². The van der Waals surface area contributed by atoms with Crippen molar-refractivity contribution in [3.05, 3.63) is 23.8 Å². The highest BCUT2D eigenvalue weighted by Gasteiger charge is 2.24. The van der Waals surface area contributed by atoms with E-state index in [9.17, 15) is 4.79 Å². The molecule has 1 aliphatic rings. The zero-order chi connectivity index (χ0) is 17.7. The van der Waals surface area contributed by atoms with E-state index in [0.717, 1.165) is 36.7 Å². The molecule has 0 bridgehead atoms. The summed E-state index contributed by atoms with van der Waals surface area (Å²) >= 11 is 0. The van der Waals surface area contributed by atoms with Gasteiger partial charge in [-0.15, -0.1) is 0 Å². The fraction of sp³-hybridized carbons (Fsp3) is 0.611. The van der Waals surface area contributed by atoms with Crippen molar-refractivity contribution in [1.29, 1.82) is 0 Å². The summed E-state index contributed by atoms with van der Waals surface area (Å²) in [4.78, 5) is 17.0. The minimum Gasteiger partial charge on any atom is -0.497 e. The van der Waals surface area contributed by atoms with Crippen LogP contribution in [0.3, 0.4) is 0 Å². The third-order valence-electron chi connectivity index (χ3n) is 4.60. The number of hydrogen-bond acceptors (Lipinski definition) is 5. The molecule has 6 nitrogen and oxygen atoms in total. The van der Waals surface area contributed by atoms with Gasteiger partial charge in [0.25, 0.3) is 0 Å². The van der Waals surface area contributed by atoms with Crippen molar-refractivity contribution < 1.29 is 14.3 Å². The Morgan fingerprint density at radius 1 is 1.33 bits per heavy atom. The number of benzene rings is 1. The number of piperazine rings is 1. The van der Waals surface area contributed by atoms with Gasteiger partial charge in [-0.2, -0.15) is 0 Å². The summed E-state index contributed by atoms with van der Waals surface area (Å²) in [5.74, 6) is 1.53. The molecule has 1 aliphatic heterocycles. The summed E-state index contributed by atoms with van der Waals surface area (Å²) in [5, 5.41) is 3.07. The first-order chi connectivity index (χ1) is 11.4. The molecule has 6 heteroatoms. The lowest BCUT2D eigenvalue weighted by molar-refractivity contribution is -0.124. The SMILES string of the molecule is COc1ccc(OC)c([C@@H](C)NC(=O)CN2CCN(C)C[C@@H]2C)c1. The molecule has 0 saturated carbocycles. The molecule has 1 fully saturated rings. The van der Waals surface area contributed by atoms with E-state index in [1.54, 1.807) is 14.2 Å². The van der Waals surface area contributed by atoms with Gasteiger partial charge in [0.15, 0.2) is 0 Å². The van der Waals surface area contributed by atoms with Crippen LogP contribution in [-0.4, -0.2) is 69.2 Å². The number of methoxy groups -OCH3 is 2. The van der Waals surface area contributed by atoms with Crippen molar-refractivity contribution in [1.82, 2.24) is 15.1 Å². The molecule has 0 aromatic heterocycles. The lowest BCUT2D eigenvalue weighted by Crippen LogP contribution is -2.53. The number of nitrogens with one attached hydrogen (secondary N) is 1. The number of nitrogens with zero attached hydrogens (tertiary/aromatic N) is 2. The second-order valence-electron chi connectivity index (χ2n) is 6.48. The van der Waals surface area contributed by atoms with Crippen molar-refractivity contribution in [3.63, 3.8) is 0 Å². The summed E-state index contributed by atoms with van der Waals surface area (Å²) < 4.78 is 10.7. The number of carbonyl (C=O) groups is 1. The topological polar surface area (TPSA) is 54.0 Å². The maximum absolute atomic E-state index is 12.4. The van der Waals surface area contributed by atoms with E-state index < -0.39 is 0 Å². The van der Waals surface area contributed by atoms with Crippen LogP contribution in [0.25, 0.3) is 0 Å². The van der Waals surface area contributed by atoms with Gasteiger partial charge in [0, 0.05) is 31.2 Å². The highest BCUT2D eigenvalue weighted by molar-refractivity contribution is 5.78. The standard InChI is InChI=1S/C18H29N3O3/c1-13-11-20(3)8-9-21(13)12-18(22)19-14(2)16-10-15(23-4)6-7-17(16)24-5/h6-7,10,13-14H,8-9,11-12H2,1-5H3,(H,19,22)/t13-,14+/m0/s1. The van der Waals surface area contributed by atoms with E-state index in [2.05, 4.69) is 29.1 Å². The molecular formula is C18H29N3O3. The quantitative estimate of drug-likeness (QED) is 0.854. The highest BCUT2D eigenvalue weighted by atomic mass is 16.5. The largest absolute Gasteiger partial charge is 0.497 e. The Kier molecular flexibility index (Phi) is 6.45. The number of likely N-dealkylation sites (N-methyl/N-ethyl adjacent to an activating group) is 1. The van der Waals surface area contributed by atoms with Gasteiger partial charge in [0.2, 0.25) is 5.91 Å². The van der Waals surface area contributed by atoms with Crippen LogP contribution in [0.1, 0.15) is 25.5 Å². The summed E-state index contributed by atoms with van der Waals surface area (Å²) in [6, 6.07) is 5.85. The molecular weight excluding hydrogens is 306 g/mol. The molecule has 2 rings (SSSR count). The maximum atomic E-state index is 12.4. The monoisotopic (exact) mass is 335 g/mol. The third kappa shape index (κ3) is 4.61. The third-order valence-corrected chi connectivity index (χ3v) is 4.60. The summed E-state index contributed by atoms with van der Waals surface area (Å²) in [7, 11) is 5.38. The van der Waals surface area contributed by atoms with Gasteiger partial charge < -0.3 is 19.7 Å². The molecule has 24 heavy (non-hydrogen) atoms. The second kappa shape index (κ2) is 8.35. The van der Waals surface area contributed by atoms with Crippen molar-refractivity contribution in [2.45, 2.75) is 25.9 Å². The number of hydrogen-bond donors (Lipinski definition) is 1. The smallest absolute Gasteiger partial charge is 0.234 e. The first-order valence-electron chi connectivity index (χ1n) is 8.38. The Hall–Kier alpha value is -1.79. The van der Waals surface area contributed by atoms with Gasteiger partial charge in [-0.1, -0.05) is 0 Å². The molecule has 134 valence electrons. The van der Waals surface area contributed by atoms with E-state index in [1.165, 1.54) is 0 Å². The molecule has 1 aromatic rings. The van der Waals surface area contributed by atoms with Crippen LogP contribution in [0.15, 0.2) is 18.2 Å². The van der Waals surface area contributed by atoms with Crippen LogP contribution in [0.5, 0.6) is 11.5 Å². The molecule has 1 heterocycles. The van der Waals surface area contributed by atoms with Gasteiger partial charge in [-0.25, -0.2) is 0 Å². The lowest BCUT2D eigenvalue weighted by Gasteiger charge is -2.37. The van der Waals surface area contributed by atoms with Crippen LogP contribution >= 0.6 is 0 Å². The fourth-order valence-corrected chi connectivity index (χ4v) is 3.14. The summed E-state index contributed by atoms with van der Waals surface area (Å²) in [6.45, 7) is 7.46. The minimum atomic E-state index is -0.148. The van der Waals surface area contributed by atoms with Crippen LogP contribution < -0.4 is 14.8 Å². The Morgan fingerprint density at radius 2 is 2.08 bits per heavy atom. The molecule has 1 saturated heterocycles. The van der Waals surface area contributed by atoms with Gasteiger partial charge in [-0.05, 0) is 39.1 Å². The number of ether oxygens (including phenoxy) is 2. The molecule has 1 aromatic carbocycles. The van der Waals surface area contributed by atoms with Gasteiger partial charge in [-0.3, -0.25) is 9.69 Å². The Labute approximate surface area is 144 Å². The molecule has 0 radical (unpaired) electrons. The Bertz CT molecular complexity index is 564. The van der Waals surface area contributed by atoms with Crippen LogP contribution in [-0.2, 0) is 4.79 Å². The average molecular weight is 335 g/mol. The molecule has 1 amide bonds. The van der Waals surface area contributed by atoms with Crippen molar-refractivity contribution in [3.8, 4) is 11.5 Å². The number of amides is 1. The molecule has 1 N–H and O–H groups in total. The van der Waals surface area contributed by atoms with E-state index in [1.807, 2.05) is 25.1 Å². The van der Waals surface area contributed by atoms with Crippen LogP contribution in [0.4, 0.5) is 0 Å². The van der Waals surface area contributed by atoms with Crippen molar-refractivity contribution >= 4 is 5.91 Å². The maximum Gasteiger partial charge on any atom is 0.234 e. The van der Waals surface area contributed by atoms with E-state index in [-0.39, 0.29) is 11.9 Å². The van der Waals surface area contributed by atoms with E-state index in [4.69, 9.17) is 9.47 Å². The summed E-state index contributed by atoms with van der Waals surface area (Å²) in [5.41, 5.74) is 0.914. The lowest BCUT2D eigenvalue weighted by atomic mass is 10.1. The molecule has 0 aliphatic carbocycles. The van der Waals surface area contributed by atoms with Gasteiger partial charge >= 0.3 is 0 Å². The highest BCUT2D eigenvalue weighted by Crippen LogP contribution is 2.29.